The maximum Gasteiger partial charge on any atom is 0.228 e. The number of fused-ring (bicyclic) bond motifs is 3. The predicted molar refractivity (Wildman–Crippen MR) is 236 cm³/mol. The summed E-state index contributed by atoms with van der Waals surface area (Å²) in [4.78, 5) is 30.4. The van der Waals surface area contributed by atoms with Gasteiger partial charge in [-0.25, -0.2) is 24.9 Å². The van der Waals surface area contributed by atoms with Crippen molar-refractivity contribution in [2.75, 3.05) is 0 Å². The van der Waals surface area contributed by atoms with Gasteiger partial charge in [-0.15, -0.1) is 0 Å². The lowest BCUT2D eigenvalue weighted by molar-refractivity contribution is 0.619. The summed E-state index contributed by atoms with van der Waals surface area (Å²) in [7, 11) is 0. The summed E-state index contributed by atoms with van der Waals surface area (Å²) in [5.74, 6) is 1.50. The largest absolute Gasteiger partial charge is 0.434 e. The molecule has 0 atom stereocenters. The standard InChI is InChI=1S/C52H32N6O/c1-3-16-35(17-4-1)44-31-46(42-24-11-20-33-14-7-9-22-40(33)42)56-49(54-44)37-28-38(30-39(29-37)52-58-51-48(59-52)26-13-27-53-51)50-55-45(36-18-5-2-6-19-36)32-47(57-50)43-25-12-21-34-15-8-10-23-41(34)43/h1-32H. The van der Waals surface area contributed by atoms with Gasteiger partial charge in [0.15, 0.2) is 22.9 Å². The maximum absolute atomic E-state index is 6.35. The SMILES string of the molecule is c1ccc(-c2cc(-c3cccc4ccccc34)nc(-c3cc(-c4nc(-c5ccccc5)cc(-c5cccc6ccccc56)n4)cc(-c4nc5ncccc5o4)c3)n2)cc1. The number of oxazole rings is 1. The number of nitrogens with zero attached hydrogens (tertiary/aromatic N) is 6. The van der Waals surface area contributed by atoms with E-state index in [4.69, 9.17) is 29.3 Å². The number of hydrogen-bond acceptors (Lipinski definition) is 7. The average molecular weight is 757 g/mol. The molecule has 7 nitrogen and oxygen atoms in total. The number of hydrogen-bond donors (Lipinski definition) is 0. The summed E-state index contributed by atoms with van der Waals surface area (Å²) < 4.78 is 6.35. The predicted octanol–water partition coefficient (Wildman–Crippen LogP) is 12.8. The average Bonchev–Trinajstić information content (AvgIpc) is 3.76. The molecule has 11 rings (SSSR count). The van der Waals surface area contributed by atoms with Crippen LogP contribution < -0.4 is 0 Å². The van der Waals surface area contributed by atoms with Crippen LogP contribution in [0.25, 0.3) is 112 Å². The van der Waals surface area contributed by atoms with Gasteiger partial charge in [0.05, 0.1) is 22.8 Å². The molecule has 0 bridgehead atoms. The van der Waals surface area contributed by atoms with Gasteiger partial charge < -0.3 is 4.42 Å². The highest BCUT2D eigenvalue weighted by molar-refractivity contribution is 5.98. The molecule has 0 N–H and O–H groups in total. The fourth-order valence-electron chi connectivity index (χ4n) is 7.74. The van der Waals surface area contributed by atoms with Crippen molar-refractivity contribution in [1.82, 2.24) is 29.9 Å². The molecule has 0 saturated carbocycles. The van der Waals surface area contributed by atoms with Gasteiger partial charge in [0, 0.05) is 45.1 Å². The molecule has 0 amide bonds. The summed E-state index contributed by atoms with van der Waals surface area (Å²) >= 11 is 0. The third kappa shape index (κ3) is 6.46. The number of rotatable bonds is 7. The van der Waals surface area contributed by atoms with Gasteiger partial charge in [-0.1, -0.05) is 146 Å². The van der Waals surface area contributed by atoms with Gasteiger partial charge >= 0.3 is 0 Å². The molecule has 0 aliphatic carbocycles. The first-order chi connectivity index (χ1) is 29.2. The molecular formula is C52H32N6O. The van der Waals surface area contributed by atoms with Crippen LogP contribution in [0.4, 0.5) is 0 Å². The zero-order valence-electron chi connectivity index (χ0n) is 31.6. The van der Waals surface area contributed by atoms with Crippen molar-refractivity contribution >= 4 is 32.8 Å². The van der Waals surface area contributed by atoms with E-state index in [0.29, 0.717) is 28.8 Å². The Bertz CT molecular complexity index is 3120. The Morgan fingerprint density at radius 2 is 0.814 bits per heavy atom. The molecule has 0 saturated heterocycles. The molecular weight excluding hydrogens is 725 g/mol. The molecule has 0 radical (unpaired) electrons. The quantitative estimate of drug-likeness (QED) is 0.160. The van der Waals surface area contributed by atoms with Gasteiger partial charge in [-0.05, 0) is 64.0 Å². The summed E-state index contributed by atoms with van der Waals surface area (Å²) in [6.07, 6.45) is 1.71. The van der Waals surface area contributed by atoms with Crippen LogP contribution in [-0.2, 0) is 0 Å². The van der Waals surface area contributed by atoms with Crippen molar-refractivity contribution < 1.29 is 4.42 Å². The van der Waals surface area contributed by atoms with Gasteiger partial charge in [-0.2, -0.15) is 4.98 Å². The number of benzene rings is 7. The maximum atomic E-state index is 6.35. The minimum absolute atomic E-state index is 0.420. The van der Waals surface area contributed by atoms with Crippen molar-refractivity contribution in [3.63, 3.8) is 0 Å². The lowest BCUT2D eigenvalue weighted by Gasteiger charge is -2.14. The monoisotopic (exact) mass is 756 g/mol. The van der Waals surface area contributed by atoms with E-state index < -0.39 is 0 Å². The first kappa shape index (κ1) is 34.1. The van der Waals surface area contributed by atoms with E-state index in [1.807, 2.05) is 60.7 Å². The molecule has 0 aliphatic rings. The zero-order valence-corrected chi connectivity index (χ0v) is 31.6. The number of aromatic nitrogens is 6. The van der Waals surface area contributed by atoms with E-state index in [-0.39, 0.29) is 0 Å². The molecule has 0 aliphatic heterocycles. The zero-order chi connectivity index (χ0) is 39.1. The van der Waals surface area contributed by atoms with Gasteiger partial charge in [-0.3, -0.25) is 0 Å². The van der Waals surface area contributed by atoms with Crippen molar-refractivity contribution in [2.45, 2.75) is 0 Å². The molecule has 0 unspecified atom stereocenters. The summed E-state index contributed by atoms with van der Waals surface area (Å²) in [5.41, 5.74) is 10.6. The van der Waals surface area contributed by atoms with Crippen LogP contribution in [0.3, 0.4) is 0 Å². The molecule has 7 heteroatoms. The first-order valence-electron chi connectivity index (χ1n) is 19.4. The summed E-state index contributed by atoms with van der Waals surface area (Å²) in [6, 6.07) is 63.8. The van der Waals surface area contributed by atoms with E-state index >= 15 is 0 Å². The van der Waals surface area contributed by atoms with Gasteiger partial charge in [0.1, 0.15) is 0 Å². The topological polar surface area (TPSA) is 90.5 Å². The van der Waals surface area contributed by atoms with E-state index in [1.165, 1.54) is 0 Å². The third-order valence-electron chi connectivity index (χ3n) is 10.6. The van der Waals surface area contributed by atoms with Crippen molar-refractivity contribution in [2.24, 2.45) is 0 Å². The van der Waals surface area contributed by atoms with Crippen LogP contribution in [0.15, 0.2) is 199 Å². The molecule has 4 heterocycles. The lowest BCUT2D eigenvalue weighted by atomic mass is 9.99. The summed E-state index contributed by atoms with van der Waals surface area (Å²) in [5, 5.41) is 4.49. The van der Waals surface area contributed by atoms with E-state index in [0.717, 1.165) is 83.3 Å². The Morgan fingerprint density at radius 1 is 0.339 bits per heavy atom. The minimum Gasteiger partial charge on any atom is -0.434 e. The second-order valence-electron chi connectivity index (χ2n) is 14.4. The number of pyridine rings is 1. The highest BCUT2D eigenvalue weighted by atomic mass is 16.3. The Balaban J connectivity index is 1.17. The highest BCUT2D eigenvalue weighted by Gasteiger charge is 2.20. The summed E-state index contributed by atoms with van der Waals surface area (Å²) in [6.45, 7) is 0. The Morgan fingerprint density at radius 3 is 1.36 bits per heavy atom. The molecule has 7 aromatic carbocycles. The van der Waals surface area contributed by atoms with Crippen LogP contribution >= 0.6 is 0 Å². The molecule has 0 spiro atoms. The molecule has 59 heavy (non-hydrogen) atoms. The third-order valence-corrected chi connectivity index (χ3v) is 10.6. The van der Waals surface area contributed by atoms with Crippen LogP contribution in [0.2, 0.25) is 0 Å². The van der Waals surface area contributed by atoms with Crippen molar-refractivity contribution in [1.29, 1.82) is 0 Å². The fourth-order valence-corrected chi connectivity index (χ4v) is 7.74. The second kappa shape index (κ2) is 14.4. The normalized spacial score (nSPS) is 11.4. The van der Waals surface area contributed by atoms with Crippen LogP contribution in [0, 0.1) is 0 Å². The Hall–Kier alpha value is -8.16. The van der Waals surface area contributed by atoms with Crippen LogP contribution in [0.1, 0.15) is 0 Å². The van der Waals surface area contributed by atoms with E-state index in [9.17, 15) is 0 Å². The van der Waals surface area contributed by atoms with Crippen molar-refractivity contribution in [3.05, 3.63) is 194 Å². The van der Waals surface area contributed by atoms with Gasteiger partial charge in [0.25, 0.3) is 0 Å². The van der Waals surface area contributed by atoms with Crippen molar-refractivity contribution in [3.8, 4) is 79.3 Å². The molecule has 0 fully saturated rings. The van der Waals surface area contributed by atoms with E-state index in [1.54, 1.807) is 6.20 Å². The molecule has 11 aromatic rings. The molecule has 4 aromatic heterocycles. The van der Waals surface area contributed by atoms with Crippen LogP contribution in [0.5, 0.6) is 0 Å². The molecule has 276 valence electrons. The smallest absolute Gasteiger partial charge is 0.228 e. The first-order valence-corrected chi connectivity index (χ1v) is 19.4. The fraction of sp³-hybridized carbons (Fsp3) is 0. The van der Waals surface area contributed by atoms with E-state index in [2.05, 4.69) is 132 Å². The lowest BCUT2D eigenvalue weighted by Crippen LogP contribution is -1.99. The Kier molecular flexibility index (Phi) is 8.33. The van der Waals surface area contributed by atoms with Gasteiger partial charge in [0.2, 0.25) is 5.89 Å². The highest BCUT2D eigenvalue weighted by Crippen LogP contribution is 2.37. The Labute approximate surface area is 339 Å². The minimum atomic E-state index is 0.420. The van der Waals surface area contributed by atoms with Crippen LogP contribution in [-0.4, -0.2) is 29.9 Å². The second-order valence-corrected chi connectivity index (χ2v) is 14.4.